The van der Waals surface area contributed by atoms with Gasteiger partial charge < -0.3 is 4.74 Å². The van der Waals surface area contributed by atoms with Crippen LogP contribution in [0.5, 0.6) is 0 Å². The number of carbonyl (C=O) groups excluding carboxylic acids is 1. The zero-order chi connectivity index (χ0) is 11.5. The maximum atomic E-state index is 11.1. The summed E-state index contributed by atoms with van der Waals surface area (Å²) in [5, 5.41) is 14.7. The van der Waals surface area contributed by atoms with Crippen molar-refractivity contribution in [3.8, 4) is 0 Å². The van der Waals surface area contributed by atoms with E-state index in [1.54, 1.807) is 6.92 Å². The van der Waals surface area contributed by atoms with Gasteiger partial charge >= 0.3 is 5.97 Å². The minimum atomic E-state index is -0.527. The molecule has 2 aromatic heterocycles. The van der Waals surface area contributed by atoms with Crippen LogP contribution in [0.4, 0.5) is 0 Å². The molecule has 84 valence electrons. The quantitative estimate of drug-likeness (QED) is 0.665. The fraction of sp³-hybridized carbons (Fsp3) is 0.375. The number of aromatic nitrogens is 5. The largest absolute Gasteiger partial charge is 0.464 e. The Hall–Kier alpha value is -2.25. The van der Waals surface area contributed by atoms with Crippen molar-refractivity contribution in [3.63, 3.8) is 0 Å². The van der Waals surface area contributed by atoms with Crippen molar-refractivity contribution < 1.29 is 14.2 Å². The van der Waals surface area contributed by atoms with Crippen molar-refractivity contribution in [1.82, 2.24) is 25.3 Å². The number of nitrogens with zero attached hydrogens (tertiary/aromatic N) is 5. The van der Waals surface area contributed by atoms with Crippen molar-refractivity contribution in [2.45, 2.75) is 13.5 Å². The van der Waals surface area contributed by atoms with Crippen molar-refractivity contribution in [2.75, 3.05) is 7.11 Å². The maximum absolute atomic E-state index is 11.1. The normalized spacial score (nSPS) is 10.4. The van der Waals surface area contributed by atoms with E-state index in [0.717, 1.165) is 0 Å². The third-order valence-corrected chi connectivity index (χ3v) is 1.99. The summed E-state index contributed by atoms with van der Waals surface area (Å²) in [6.45, 7) is 2.11. The Bertz CT molecular complexity index is 503. The summed E-state index contributed by atoms with van der Waals surface area (Å²) in [5.74, 6) is -0.527. The van der Waals surface area contributed by atoms with E-state index in [0.29, 0.717) is 17.9 Å². The molecule has 0 fully saturated rings. The lowest BCUT2D eigenvalue weighted by Gasteiger charge is -1.94. The summed E-state index contributed by atoms with van der Waals surface area (Å²) in [4.78, 5) is 11.1. The number of carbonyl (C=O) groups is 1. The molecule has 0 aliphatic carbocycles. The molecule has 0 spiro atoms. The first-order chi connectivity index (χ1) is 7.70. The van der Waals surface area contributed by atoms with Crippen LogP contribution in [-0.2, 0) is 11.3 Å². The van der Waals surface area contributed by atoms with Crippen molar-refractivity contribution in [3.05, 3.63) is 23.3 Å². The molecule has 0 aromatic carbocycles. The second-order valence-electron chi connectivity index (χ2n) is 3.09. The molecule has 0 atom stereocenters. The van der Waals surface area contributed by atoms with Gasteiger partial charge in [-0.2, -0.15) is 0 Å². The number of aryl methyl sites for hydroxylation is 1. The molecule has 0 unspecified atom stereocenters. The van der Waals surface area contributed by atoms with E-state index >= 15 is 0 Å². The first-order valence-corrected chi connectivity index (χ1v) is 4.47. The Morgan fingerprint density at radius 1 is 1.56 bits per heavy atom. The van der Waals surface area contributed by atoms with E-state index in [-0.39, 0.29) is 5.69 Å². The number of rotatable bonds is 3. The molecule has 8 nitrogen and oxygen atoms in total. The second-order valence-corrected chi connectivity index (χ2v) is 3.09. The highest BCUT2D eigenvalue weighted by atomic mass is 16.6. The first kappa shape index (κ1) is 10.3. The summed E-state index contributed by atoms with van der Waals surface area (Å²) in [6, 6.07) is 0. The van der Waals surface area contributed by atoms with Gasteiger partial charge in [0.05, 0.1) is 19.9 Å². The van der Waals surface area contributed by atoms with Crippen molar-refractivity contribution in [1.29, 1.82) is 0 Å². The number of methoxy groups -OCH3 is 1. The molecule has 8 heteroatoms. The number of ether oxygens (including phenoxy) is 1. The molecule has 2 rings (SSSR count). The maximum Gasteiger partial charge on any atom is 0.360 e. The van der Waals surface area contributed by atoms with E-state index in [1.807, 2.05) is 0 Å². The number of hydrogen-bond acceptors (Lipinski definition) is 7. The predicted octanol–water partition coefficient (Wildman–Crippen LogP) is -0.196. The van der Waals surface area contributed by atoms with Gasteiger partial charge in [0.15, 0.2) is 5.69 Å². The van der Waals surface area contributed by atoms with Gasteiger partial charge in [0.25, 0.3) is 0 Å². The minimum Gasteiger partial charge on any atom is -0.464 e. The highest BCUT2D eigenvalue weighted by Crippen LogP contribution is 2.03. The Labute approximate surface area is 90.2 Å². The van der Waals surface area contributed by atoms with Crippen LogP contribution in [0.1, 0.15) is 21.9 Å². The number of esters is 1. The van der Waals surface area contributed by atoms with Crippen LogP contribution in [-0.4, -0.2) is 38.4 Å². The SMILES string of the molecule is COC(=O)c1cn(Cc2nonc2C)nn1. The third kappa shape index (κ3) is 1.90. The average Bonchev–Trinajstić information content (AvgIpc) is 2.89. The zero-order valence-corrected chi connectivity index (χ0v) is 8.75. The first-order valence-electron chi connectivity index (χ1n) is 4.47. The van der Waals surface area contributed by atoms with Gasteiger partial charge in [-0.3, -0.25) is 0 Å². The monoisotopic (exact) mass is 223 g/mol. The van der Waals surface area contributed by atoms with E-state index in [9.17, 15) is 4.79 Å². The number of hydrogen-bond donors (Lipinski definition) is 0. The topological polar surface area (TPSA) is 95.9 Å². The lowest BCUT2D eigenvalue weighted by molar-refractivity contribution is 0.0594. The fourth-order valence-corrected chi connectivity index (χ4v) is 1.12. The molecule has 0 bridgehead atoms. The van der Waals surface area contributed by atoms with Crippen LogP contribution in [0, 0.1) is 6.92 Å². The van der Waals surface area contributed by atoms with Gasteiger partial charge in [0.2, 0.25) is 0 Å². The second kappa shape index (κ2) is 4.09. The highest BCUT2D eigenvalue weighted by Gasteiger charge is 2.12. The van der Waals surface area contributed by atoms with Gasteiger partial charge in [0.1, 0.15) is 11.4 Å². The lowest BCUT2D eigenvalue weighted by atomic mass is 10.3. The molecular formula is C8H9N5O3. The van der Waals surface area contributed by atoms with E-state index < -0.39 is 5.97 Å². The van der Waals surface area contributed by atoms with Crippen LogP contribution in [0.3, 0.4) is 0 Å². The van der Waals surface area contributed by atoms with Gasteiger partial charge in [0, 0.05) is 0 Å². The van der Waals surface area contributed by atoms with E-state index in [4.69, 9.17) is 0 Å². The molecule has 0 aliphatic rings. The van der Waals surface area contributed by atoms with Gasteiger partial charge in [-0.15, -0.1) is 5.10 Å². The van der Waals surface area contributed by atoms with Crippen LogP contribution >= 0.6 is 0 Å². The predicted molar refractivity (Wildman–Crippen MR) is 49.5 cm³/mol. The Morgan fingerprint density at radius 2 is 2.38 bits per heavy atom. The molecule has 0 aliphatic heterocycles. The lowest BCUT2D eigenvalue weighted by Crippen LogP contribution is -2.03. The Morgan fingerprint density at radius 3 is 3.00 bits per heavy atom. The Kier molecular flexibility index (Phi) is 2.63. The van der Waals surface area contributed by atoms with Crippen LogP contribution in [0.15, 0.2) is 10.8 Å². The van der Waals surface area contributed by atoms with E-state index in [2.05, 4.69) is 30.0 Å². The van der Waals surface area contributed by atoms with E-state index in [1.165, 1.54) is 18.0 Å². The van der Waals surface area contributed by atoms with Crippen LogP contribution < -0.4 is 0 Å². The molecule has 0 radical (unpaired) electrons. The minimum absolute atomic E-state index is 0.150. The summed E-state index contributed by atoms with van der Waals surface area (Å²) in [5.41, 5.74) is 1.47. The third-order valence-electron chi connectivity index (χ3n) is 1.99. The van der Waals surface area contributed by atoms with Gasteiger partial charge in [-0.05, 0) is 6.92 Å². The van der Waals surface area contributed by atoms with Gasteiger partial charge in [-0.1, -0.05) is 15.5 Å². The van der Waals surface area contributed by atoms with Crippen molar-refractivity contribution >= 4 is 5.97 Å². The van der Waals surface area contributed by atoms with Crippen molar-refractivity contribution in [2.24, 2.45) is 0 Å². The van der Waals surface area contributed by atoms with Gasteiger partial charge in [-0.25, -0.2) is 14.1 Å². The zero-order valence-electron chi connectivity index (χ0n) is 8.75. The smallest absolute Gasteiger partial charge is 0.360 e. The summed E-state index contributed by atoms with van der Waals surface area (Å²) < 4.78 is 10.5. The van der Waals surface area contributed by atoms with Crippen LogP contribution in [0.25, 0.3) is 0 Å². The standard InChI is InChI=1S/C8H9N5O3/c1-5-6(11-16-10-5)3-13-4-7(9-12-13)8(14)15-2/h4H,3H2,1-2H3. The molecular weight excluding hydrogens is 214 g/mol. The fourth-order valence-electron chi connectivity index (χ4n) is 1.12. The molecule has 0 saturated carbocycles. The summed E-state index contributed by atoms with van der Waals surface area (Å²) in [6.07, 6.45) is 1.47. The molecule has 0 N–H and O–H groups in total. The molecule has 0 amide bonds. The summed E-state index contributed by atoms with van der Waals surface area (Å²) >= 11 is 0. The molecule has 2 aromatic rings. The molecule has 16 heavy (non-hydrogen) atoms. The summed E-state index contributed by atoms with van der Waals surface area (Å²) in [7, 11) is 1.28. The molecule has 0 saturated heterocycles. The Balaban J connectivity index is 2.14. The highest BCUT2D eigenvalue weighted by molar-refractivity contribution is 5.86. The molecule has 2 heterocycles. The van der Waals surface area contributed by atoms with Crippen LogP contribution in [0.2, 0.25) is 0 Å². The average molecular weight is 223 g/mol.